The number of fused-ring (bicyclic) bond motifs is 1. The SMILES string of the molecule is COc1cccc2c1OCCNC2=O. The van der Waals surface area contributed by atoms with Crippen LogP contribution >= 0.6 is 0 Å². The molecule has 1 amide bonds. The van der Waals surface area contributed by atoms with E-state index in [1.807, 2.05) is 0 Å². The van der Waals surface area contributed by atoms with Crippen LogP contribution in [-0.4, -0.2) is 26.2 Å². The molecule has 0 atom stereocenters. The lowest BCUT2D eigenvalue weighted by atomic mass is 10.2. The van der Waals surface area contributed by atoms with Gasteiger partial charge in [-0.2, -0.15) is 0 Å². The summed E-state index contributed by atoms with van der Waals surface area (Å²) in [7, 11) is 1.56. The van der Waals surface area contributed by atoms with E-state index in [0.29, 0.717) is 30.2 Å². The van der Waals surface area contributed by atoms with Crippen molar-refractivity contribution in [3.8, 4) is 11.5 Å². The van der Waals surface area contributed by atoms with Crippen LogP contribution in [0.25, 0.3) is 0 Å². The number of amides is 1. The highest BCUT2D eigenvalue weighted by atomic mass is 16.5. The van der Waals surface area contributed by atoms with Gasteiger partial charge in [0.05, 0.1) is 19.2 Å². The third-order valence-electron chi connectivity index (χ3n) is 2.08. The number of benzene rings is 1. The van der Waals surface area contributed by atoms with Crippen LogP contribution in [0.2, 0.25) is 0 Å². The van der Waals surface area contributed by atoms with E-state index in [-0.39, 0.29) is 5.91 Å². The van der Waals surface area contributed by atoms with Crippen LogP contribution in [0.3, 0.4) is 0 Å². The molecule has 2 rings (SSSR count). The Morgan fingerprint density at radius 1 is 1.50 bits per heavy atom. The molecule has 0 radical (unpaired) electrons. The predicted octanol–water partition coefficient (Wildman–Crippen LogP) is 0.817. The Balaban J connectivity index is 2.51. The number of ether oxygens (including phenoxy) is 2. The van der Waals surface area contributed by atoms with E-state index in [1.165, 1.54) is 0 Å². The maximum Gasteiger partial charge on any atom is 0.255 e. The lowest BCUT2D eigenvalue weighted by Crippen LogP contribution is -2.24. The van der Waals surface area contributed by atoms with Crippen LogP contribution in [0.4, 0.5) is 0 Å². The summed E-state index contributed by atoms with van der Waals surface area (Å²) in [6.45, 7) is 0.996. The molecule has 0 unspecified atom stereocenters. The average Bonchev–Trinajstić information content (AvgIpc) is 2.41. The third kappa shape index (κ3) is 1.39. The van der Waals surface area contributed by atoms with Gasteiger partial charge in [0.1, 0.15) is 6.61 Å². The Labute approximate surface area is 81.8 Å². The summed E-state index contributed by atoms with van der Waals surface area (Å²) in [6.07, 6.45) is 0. The molecule has 1 aliphatic rings. The number of methoxy groups -OCH3 is 1. The van der Waals surface area contributed by atoms with Gasteiger partial charge in [0, 0.05) is 0 Å². The monoisotopic (exact) mass is 193 g/mol. The van der Waals surface area contributed by atoms with E-state index < -0.39 is 0 Å². The fourth-order valence-corrected chi connectivity index (χ4v) is 1.42. The molecule has 1 heterocycles. The Kier molecular flexibility index (Phi) is 2.26. The zero-order chi connectivity index (χ0) is 9.97. The summed E-state index contributed by atoms with van der Waals surface area (Å²) in [6, 6.07) is 5.27. The standard InChI is InChI=1S/C10H11NO3/c1-13-8-4-2-3-7-9(8)14-6-5-11-10(7)12/h2-4H,5-6H2,1H3,(H,11,12). The average molecular weight is 193 g/mol. The van der Waals surface area contributed by atoms with Crippen molar-refractivity contribution < 1.29 is 14.3 Å². The van der Waals surface area contributed by atoms with Gasteiger partial charge in [-0.3, -0.25) is 4.79 Å². The predicted molar refractivity (Wildman–Crippen MR) is 50.8 cm³/mol. The van der Waals surface area contributed by atoms with Gasteiger partial charge in [0.25, 0.3) is 5.91 Å². The lowest BCUT2D eigenvalue weighted by molar-refractivity contribution is 0.0957. The molecule has 1 aromatic carbocycles. The first-order valence-electron chi connectivity index (χ1n) is 4.41. The van der Waals surface area contributed by atoms with E-state index in [1.54, 1.807) is 25.3 Å². The maximum absolute atomic E-state index is 11.5. The topological polar surface area (TPSA) is 47.6 Å². The first-order chi connectivity index (χ1) is 6.83. The van der Waals surface area contributed by atoms with Crippen LogP contribution in [0, 0.1) is 0 Å². The highest BCUT2D eigenvalue weighted by Crippen LogP contribution is 2.31. The molecule has 74 valence electrons. The van der Waals surface area contributed by atoms with Crippen molar-refractivity contribution in [1.29, 1.82) is 0 Å². The van der Waals surface area contributed by atoms with Gasteiger partial charge in [0.15, 0.2) is 11.5 Å². The summed E-state index contributed by atoms with van der Waals surface area (Å²) >= 11 is 0. The number of para-hydroxylation sites is 1. The summed E-state index contributed by atoms with van der Waals surface area (Å²) < 4.78 is 10.5. The molecule has 1 aromatic rings. The normalized spacial score (nSPS) is 14.8. The molecule has 0 fully saturated rings. The molecule has 1 aliphatic heterocycles. The van der Waals surface area contributed by atoms with Crippen LogP contribution < -0.4 is 14.8 Å². The molecule has 0 spiro atoms. The summed E-state index contributed by atoms with van der Waals surface area (Å²) in [5.41, 5.74) is 0.529. The van der Waals surface area contributed by atoms with Crippen LogP contribution in [-0.2, 0) is 0 Å². The van der Waals surface area contributed by atoms with Gasteiger partial charge in [-0.15, -0.1) is 0 Å². The van der Waals surface area contributed by atoms with E-state index in [2.05, 4.69) is 5.32 Å². The van der Waals surface area contributed by atoms with E-state index in [0.717, 1.165) is 0 Å². The highest BCUT2D eigenvalue weighted by Gasteiger charge is 2.19. The summed E-state index contributed by atoms with van der Waals surface area (Å²) in [5, 5.41) is 2.73. The van der Waals surface area contributed by atoms with Crippen LogP contribution in [0.1, 0.15) is 10.4 Å². The molecule has 0 saturated heterocycles. The number of hydrogen-bond donors (Lipinski definition) is 1. The van der Waals surface area contributed by atoms with E-state index in [4.69, 9.17) is 9.47 Å². The zero-order valence-electron chi connectivity index (χ0n) is 7.87. The third-order valence-corrected chi connectivity index (χ3v) is 2.08. The minimum absolute atomic E-state index is 0.114. The fraction of sp³-hybridized carbons (Fsp3) is 0.300. The summed E-state index contributed by atoms with van der Waals surface area (Å²) in [4.78, 5) is 11.5. The molecule has 4 heteroatoms. The molecule has 0 saturated carbocycles. The minimum atomic E-state index is -0.114. The zero-order valence-corrected chi connectivity index (χ0v) is 7.87. The van der Waals surface area contributed by atoms with Crippen molar-refractivity contribution in [3.05, 3.63) is 23.8 Å². The second kappa shape index (κ2) is 3.57. The molecule has 0 aliphatic carbocycles. The second-order valence-electron chi connectivity index (χ2n) is 2.94. The molecule has 4 nitrogen and oxygen atoms in total. The second-order valence-corrected chi connectivity index (χ2v) is 2.94. The Hall–Kier alpha value is -1.71. The van der Waals surface area contributed by atoms with Crippen molar-refractivity contribution in [2.75, 3.05) is 20.3 Å². The van der Waals surface area contributed by atoms with Crippen molar-refractivity contribution in [2.45, 2.75) is 0 Å². The smallest absolute Gasteiger partial charge is 0.255 e. The number of carbonyl (C=O) groups excluding carboxylic acids is 1. The fourth-order valence-electron chi connectivity index (χ4n) is 1.42. The number of carbonyl (C=O) groups is 1. The Morgan fingerprint density at radius 2 is 2.36 bits per heavy atom. The molecule has 14 heavy (non-hydrogen) atoms. The van der Waals surface area contributed by atoms with Crippen LogP contribution in [0.5, 0.6) is 11.5 Å². The maximum atomic E-state index is 11.5. The quantitative estimate of drug-likeness (QED) is 0.718. The Morgan fingerprint density at radius 3 is 3.14 bits per heavy atom. The molecule has 0 bridgehead atoms. The van der Waals surface area contributed by atoms with Gasteiger partial charge in [0.2, 0.25) is 0 Å². The van der Waals surface area contributed by atoms with Crippen molar-refractivity contribution in [1.82, 2.24) is 5.32 Å². The lowest BCUT2D eigenvalue weighted by Gasteiger charge is -2.09. The van der Waals surface area contributed by atoms with Gasteiger partial charge in [-0.1, -0.05) is 6.07 Å². The van der Waals surface area contributed by atoms with Crippen molar-refractivity contribution in [2.24, 2.45) is 0 Å². The van der Waals surface area contributed by atoms with Gasteiger partial charge < -0.3 is 14.8 Å². The van der Waals surface area contributed by atoms with Crippen molar-refractivity contribution >= 4 is 5.91 Å². The van der Waals surface area contributed by atoms with Crippen LogP contribution in [0.15, 0.2) is 18.2 Å². The minimum Gasteiger partial charge on any atom is -0.493 e. The van der Waals surface area contributed by atoms with E-state index >= 15 is 0 Å². The number of hydrogen-bond acceptors (Lipinski definition) is 3. The van der Waals surface area contributed by atoms with Gasteiger partial charge in [-0.05, 0) is 12.1 Å². The van der Waals surface area contributed by atoms with Crippen molar-refractivity contribution in [3.63, 3.8) is 0 Å². The molecular formula is C10H11NO3. The first kappa shape index (κ1) is 8.87. The van der Waals surface area contributed by atoms with Gasteiger partial charge >= 0.3 is 0 Å². The largest absolute Gasteiger partial charge is 0.493 e. The summed E-state index contributed by atoms with van der Waals surface area (Å²) in [5.74, 6) is 1.01. The Bertz CT molecular complexity index is 362. The molecule has 0 aromatic heterocycles. The number of rotatable bonds is 1. The molecular weight excluding hydrogens is 182 g/mol. The van der Waals surface area contributed by atoms with E-state index in [9.17, 15) is 4.79 Å². The highest BCUT2D eigenvalue weighted by molar-refractivity contribution is 5.98. The molecule has 1 N–H and O–H groups in total. The first-order valence-corrected chi connectivity index (χ1v) is 4.41. The number of nitrogens with one attached hydrogen (secondary N) is 1. The van der Waals surface area contributed by atoms with Gasteiger partial charge in [-0.25, -0.2) is 0 Å².